The largest absolute Gasteiger partial charge is 0.477 e. The number of oxime groups is 1. The van der Waals surface area contributed by atoms with Crippen molar-refractivity contribution in [3.05, 3.63) is 34.5 Å². The van der Waals surface area contributed by atoms with E-state index >= 15 is 0 Å². The van der Waals surface area contributed by atoms with E-state index in [0.717, 1.165) is 16.2 Å². The molecule has 32 heavy (non-hydrogen) atoms. The first-order chi connectivity index (χ1) is 15.1. The van der Waals surface area contributed by atoms with Gasteiger partial charge in [0.15, 0.2) is 10.8 Å². The number of nitrogen functional groups attached to an aromatic ring is 1. The first-order valence-corrected chi connectivity index (χ1v) is 10.9. The van der Waals surface area contributed by atoms with E-state index < -0.39 is 47.1 Å². The molecule has 0 spiro atoms. The lowest BCUT2D eigenvalue weighted by atomic mass is 10.0. The molecule has 3 heterocycles. The maximum atomic E-state index is 12.7. The average molecular weight is 483 g/mol. The number of carbonyl (C=O) groups is 4. The number of β-lactam (4-membered cyclic amide) rings is 1. The van der Waals surface area contributed by atoms with Gasteiger partial charge in [0.25, 0.3) is 11.8 Å². The van der Waals surface area contributed by atoms with Gasteiger partial charge in [-0.1, -0.05) is 11.2 Å². The minimum atomic E-state index is -1.33. The number of rotatable bonds is 7. The van der Waals surface area contributed by atoms with Gasteiger partial charge in [-0.2, -0.15) is 0 Å². The van der Waals surface area contributed by atoms with Crippen LogP contribution in [0.3, 0.4) is 0 Å². The van der Waals surface area contributed by atoms with Crippen molar-refractivity contribution in [3.8, 4) is 0 Å². The highest BCUT2D eigenvalue weighted by Crippen LogP contribution is 2.40. The molecule has 0 bridgehead atoms. The molecule has 1 fully saturated rings. The van der Waals surface area contributed by atoms with Gasteiger partial charge in [0, 0.05) is 11.1 Å². The number of hydrogen-bond donors (Lipinski definition) is 5. The second kappa shape index (κ2) is 9.27. The summed E-state index contributed by atoms with van der Waals surface area (Å²) < 4.78 is 4.76. The van der Waals surface area contributed by atoms with Crippen molar-refractivity contribution < 1.29 is 34.2 Å². The summed E-state index contributed by atoms with van der Waals surface area (Å²) in [4.78, 5) is 52.8. The second-order valence-corrected chi connectivity index (χ2v) is 8.56. The van der Waals surface area contributed by atoms with Crippen LogP contribution in [-0.2, 0) is 19.1 Å². The molecule has 3 rings (SSSR count). The number of anilines is 1. The Kier molecular flexibility index (Phi) is 6.69. The molecule has 0 unspecified atom stereocenters. The normalized spacial score (nSPS) is 21.7. The topological polar surface area (TPSA) is 211 Å². The van der Waals surface area contributed by atoms with Crippen molar-refractivity contribution in [2.24, 2.45) is 10.9 Å². The van der Waals surface area contributed by atoms with Gasteiger partial charge >= 0.3 is 12.1 Å². The fourth-order valence-electron chi connectivity index (χ4n) is 3.06. The minimum Gasteiger partial charge on any atom is -0.477 e. The number of hydrogen-bond acceptors (Lipinski definition) is 11. The van der Waals surface area contributed by atoms with Gasteiger partial charge in [-0.15, -0.1) is 23.1 Å². The van der Waals surface area contributed by atoms with E-state index in [1.54, 1.807) is 0 Å². The van der Waals surface area contributed by atoms with Gasteiger partial charge in [-0.25, -0.2) is 14.6 Å². The Balaban J connectivity index is 1.76. The summed E-state index contributed by atoms with van der Waals surface area (Å²) in [6.07, 6.45) is 1.21. The highest BCUT2D eigenvalue weighted by atomic mass is 32.2. The number of aliphatic carboxylic acids is 1. The van der Waals surface area contributed by atoms with E-state index in [-0.39, 0.29) is 22.3 Å². The first kappa shape index (κ1) is 23.1. The van der Waals surface area contributed by atoms with Crippen molar-refractivity contribution in [1.82, 2.24) is 15.2 Å². The highest BCUT2D eigenvalue weighted by molar-refractivity contribution is 8.00. The van der Waals surface area contributed by atoms with Crippen molar-refractivity contribution in [3.63, 3.8) is 0 Å². The van der Waals surface area contributed by atoms with Crippen molar-refractivity contribution in [1.29, 1.82) is 0 Å². The smallest absolute Gasteiger partial charge is 0.405 e. The van der Waals surface area contributed by atoms with E-state index in [4.69, 9.17) is 16.2 Å². The molecule has 0 aliphatic carbocycles. The Bertz CT molecular complexity index is 1070. The highest BCUT2D eigenvalue weighted by Gasteiger charge is 2.54. The minimum absolute atomic E-state index is 0.0401. The molecule has 3 atom stereocenters. The lowest BCUT2D eigenvalue weighted by molar-refractivity contribution is -0.150. The molecule has 7 N–H and O–H groups in total. The number of ether oxygens (including phenoxy) is 1. The Morgan fingerprint density at radius 3 is 2.75 bits per heavy atom. The molecule has 2 aliphatic rings. The zero-order chi connectivity index (χ0) is 23.6. The summed E-state index contributed by atoms with van der Waals surface area (Å²) in [6, 6.07) is -1.03. The number of nitrogens with one attached hydrogen (secondary N) is 1. The third kappa shape index (κ3) is 4.52. The number of primary amides is 1. The van der Waals surface area contributed by atoms with Crippen LogP contribution in [-0.4, -0.2) is 73.1 Å². The molecule has 13 nitrogen and oxygen atoms in total. The maximum absolute atomic E-state index is 12.7. The van der Waals surface area contributed by atoms with E-state index in [2.05, 4.69) is 15.5 Å². The summed E-state index contributed by atoms with van der Waals surface area (Å²) in [5.41, 5.74) is 10.2. The third-order valence-electron chi connectivity index (χ3n) is 4.44. The SMILES string of the molecule is C[C@@H](/C=C\C1=C(C(=O)O)N2C(=O)[C@@H](NC(=O)C(=NO)c3csc(N)n3)[C@H]2SC1)OC(N)=O. The molecule has 1 saturated heterocycles. The van der Waals surface area contributed by atoms with Crippen LogP contribution >= 0.6 is 23.1 Å². The lowest BCUT2D eigenvalue weighted by Crippen LogP contribution is -2.71. The van der Waals surface area contributed by atoms with Crippen LogP contribution in [0.4, 0.5) is 9.93 Å². The number of nitrogens with two attached hydrogens (primary N) is 2. The predicted molar refractivity (Wildman–Crippen MR) is 114 cm³/mol. The Hall–Kier alpha value is -3.59. The second-order valence-electron chi connectivity index (χ2n) is 6.56. The molecule has 1 aromatic heterocycles. The van der Waals surface area contributed by atoms with Crippen molar-refractivity contribution in [2.75, 3.05) is 11.5 Å². The predicted octanol–water partition coefficient (Wildman–Crippen LogP) is -0.318. The van der Waals surface area contributed by atoms with Crippen LogP contribution in [0.25, 0.3) is 0 Å². The zero-order valence-corrected chi connectivity index (χ0v) is 18.1. The number of nitrogens with zero attached hydrogens (tertiary/aromatic N) is 3. The summed E-state index contributed by atoms with van der Waals surface area (Å²) in [6.45, 7) is 1.54. The summed E-state index contributed by atoms with van der Waals surface area (Å²) in [5, 5.41) is 25.1. The number of carboxylic acids is 1. The number of fused-ring (bicyclic) bond motifs is 1. The standard InChI is InChI=1S/C17H18N6O7S2/c1-6(30-17(19)28)2-3-7-4-31-14-10(13(25)23(14)11(7)15(26)27)21-12(24)9(22-29)8-5-32-16(18)20-8/h2-3,5-6,10,14,29H,4H2,1H3,(H2,18,20)(H2,19,28)(H,21,24)(H,26,27)/b3-2-,22-9?/t6-,10+,14+/m0/s1. The van der Waals surface area contributed by atoms with Gasteiger partial charge in [0.1, 0.15) is 28.9 Å². The van der Waals surface area contributed by atoms with Gasteiger partial charge in [0.05, 0.1) is 0 Å². The number of thiazole rings is 1. The van der Waals surface area contributed by atoms with Gasteiger partial charge in [-0.05, 0) is 18.6 Å². The molecule has 3 amide bonds. The third-order valence-corrected chi connectivity index (χ3v) is 6.41. The van der Waals surface area contributed by atoms with Crippen LogP contribution in [0.5, 0.6) is 0 Å². The number of thioether (sulfide) groups is 1. The fraction of sp³-hybridized carbons (Fsp3) is 0.294. The molecule has 2 aliphatic heterocycles. The number of allylic oxidation sites excluding steroid dienone is 1. The summed E-state index contributed by atoms with van der Waals surface area (Å²) >= 11 is 2.27. The quantitative estimate of drug-likeness (QED) is 0.148. The number of carboxylic acid groups (broad SMARTS) is 1. The lowest BCUT2D eigenvalue weighted by Gasteiger charge is -2.49. The van der Waals surface area contributed by atoms with Crippen molar-refractivity contribution >= 4 is 57.8 Å². The van der Waals surface area contributed by atoms with Crippen LogP contribution in [0, 0.1) is 0 Å². The fourth-order valence-corrected chi connectivity index (χ4v) is 4.93. The monoisotopic (exact) mass is 482 g/mol. The maximum Gasteiger partial charge on any atom is 0.405 e. The molecular weight excluding hydrogens is 464 g/mol. The molecule has 15 heteroatoms. The van der Waals surface area contributed by atoms with Crippen LogP contribution in [0.2, 0.25) is 0 Å². The number of carbonyl (C=O) groups excluding carboxylic acids is 3. The molecule has 0 radical (unpaired) electrons. The summed E-state index contributed by atoms with van der Waals surface area (Å²) in [7, 11) is 0. The van der Waals surface area contributed by atoms with E-state index in [0.29, 0.717) is 5.57 Å². The van der Waals surface area contributed by atoms with Crippen LogP contribution < -0.4 is 16.8 Å². The average Bonchev–Trinajstić information content (AvgIpc) is 3.15. The molecule has 1 aromatic rings. The van der Waals surface area contributed by atoms with Gasteiger partial charge in [-0.3, -0.25) is 14.5 Å². The molecule has 170 valence electrons. The van der Waals surface area contributed by atoms with Crippen molar-refractivity contribution in [2.45, 2.75) is 24.4 Å². The van der Waals surface area contributed by atoms with Crippen LogP contribution in [0.1, 0.15) is 12.6 Å². The van der Waals surface area contributed by atoms with Crippen LogP contribution in [0.15, 0.2) is 34.0 Å². The first-order valence-electron chi connectivity index (χ1n) is 8.93. The molecular formula is C17H18N6O7S2. The molecule has 0 saturated carbocycles. The summed E-state index contributed by atoms with van der Waals surface area (Å²) in [5.74, 6) is -2.62. The van der Waals surface area contributed by atoms with E-state index in [9.17, 15) is 29.5 Å². The number of amides is 3. The van der Waals surface area contributed by atoms with Gasteiger partial charge < -0.3 is 31.8 Å². The Labute approximate surface area is 188 Å². The zero-order valence-electron chi connectivity index (χ0n) is 16.4. The number of aromatic nitrogens is 1. The van der Waals surface area contributed by atoms with E-state index in [1.165, 1.54) is 36.2 Å². The van der Waals surface area contributed by atoms with E-state index in [1.807, 2.05) is 0 Å². The Morgan fingerprint density at radius 1 is 1.47 bits per heavy atom. The Morgan fingerprint density at radius 2 is 2.19 bits per heavy atom. The van der Waals surface area contributed by atoms with Gasteiger partial charge in [0.2, 0.25) is 0 Å². The molecule has 0 aromatic carbocycles.